The van der Waals surface area contributed by atoms with Crippen LogP contribution in [-0.4, -0.2) is 0 Å². The van der Waals surface area contributed by atoms with Crippen molar-refractivity contribution < 1.29 is 13.2 Å². The van der Waals surface area contributed by atoms with Crippen LogP contribution in [0.5, 0.6) is 0 Å². The van der Waals surface area contributed by atoms with Gasteiger partial charge in [-0.2, -0.15) is 0 Å². The van der Waals surface area contributed by atoms with Gasteiger partial charge in [-0.3, -0.25) is 0 Å². The summed E-state index contributed by atoms with van der Waals surface area (Å²) in [4.78, 5) is 0. The van der Waals surface area contributed by atoms with E-state index >= 15 is 0 Å². The maximum Gasteiger partial charge on any atom is 0.196 e. The highest BCUT2D eigenvalue weighted by Gasteiger charge is 2.23. The molecular formula is C12H5Cl2F3. The Kier molecular flexibility index (Phi) is 3.31. The zero-order valence-corrected chi connectivity index (χ0v) is 9.79. The van der Waals surface area contributed by atoms with Crippen LogP contribution in [0.25, 0.3) is 11.1 Å². The first-order valence-electron chi connectivity index (χ1n) is 4.61. The number of rotatable bonds is 1. The average molecular weight is 277 g/mol. The van der Waals surface area contributed by atoms with Gasteiger partial charge in [0, 0.05) is 5.56 Å². The van der Waals surface area contributed by atoms with Gasteiger partial charge in [0.2, 0.25) is 0 Å². The van der Waals surface area contributed by atoms with Gasteiger partial charge >= 0.3 is 0 Å². The third-order valence-corrected chi connectivity index (χ3v) is 3.10. The molecule has 2 rings (SSSR count). The van der Waals surface area contributed by atoms with Crippen molar-refractivity contribution in [2.75, 3.05) is 0 Å². The molecule has 0 aromatic heterocycles. The normalized spacial score (nSPS) is 10.6. The van der Waals surface area contributed by atoms with Gasteiger partial charge in [0.05, 0.1) is 10.0 Å². The van der Waals surface area contributed by atoms with E-state index in [1.807, 2.05) is 0 Å². The summed E-state index contributed by atoms with van der Waals surface area (Å²) >= 11 is 11.2. The van der Waals surface area contributed by atoms with Gasteiger partial charge in [0.25, 0.3) is 0 Å². The molecule has 88 valence electrons. The van der Waals surface area contributed by atoms with Gasteiger partial charge in [0.1, 0.15) is 0 Å². The van der Waals surface area contributed by atoms with Gasteiger partial charge in [-0.25, -0.2) is 13.2 Å². The van der Waals surface area contributed by atoms with Gasteiger partial charge < -0.3 is 0 Å². The molecule has 0 heterocycles. The average Bonchev–Trinajstić information content (AvgIpc) is 2.36. The maximum absolute atomic E-state index is 13.6. The first-order chi connectivity index (χ1) is 8.04. The predicted octanol–water partition coefficient (Wildman–Crippen LogP) is 5.08. The van der Waals surface area contributed by atoms with E-state index in [1.165, 1.54) is 12.1 Å². The topological polar surface area (TPSA) is 0 Å². The summed E-state index contributed by atoms with van der Waals surface area (Å²) in [6.45, 7) is 0. The van der Waals surface area contributed by atoms with Crippen LogP contribution in [0.3, 0.4) is 0 Å². The Bertz CT molecular complexity index is 539. The summed E-state index contributed by atoms with van der Waals surface area (Å²) in [7, 11) is 0. The first-order valence-corrected chi connectivity index (χ1v) is 5.36. The van der Waals surface area contributed by atoms with Gasteiger partial charge in [-0.15, -0.1) is 0 Å². The molecule has 2 aromatic rings. The van der Waals surface area contributed by atoms with E-state index in [4.69, 9.17) is 23.2 Å². The molecule has 0 radical (unpaired) electrons. The lowest BCUT2D eigenvalue weighted by Gasteiger charge is -2.09. The largest absolute Gasteiger partial charge is 0.203 e. The van der Waals surface area contributed by atoms with Crippen molar-refractivity contribution in [1.82, 2.24) is 0 Å². The van der Waals surface area contributed by atoms with Crippen LogP contribution in [0.4, 0.5) is 13.2 Å². The second kappa shape index (κ2) is 4.59. The molecule has 0 nitrogen and oxygen atoms in total. The Morgan fingerprint density at radius 1 is 0.706 bits per heavy atom. The van der Waals surface area contributed by atoms with Crippen molar-refractivity contribution in [3.63, 3.8) is 0 Å². The highest BCUT2D eigenvalue weighted by Crippen LogP contribution is 2.39. The fourth-order valence-electron chi connectivity index (χ4n) is 1.46. The van der Waals surface area contributed by atoms with E-state index in [2.05, 4.69) is 0 Å². The van der Waals surface area contributed by atoms with E-state index in [0.717, 1.165) is 0 Å². The molecule has 2 aromatic carbocycles. The molecule has 0 atom stereocenters. The van der Waals surface area contributed by atoms with Crippen molar-refractivity contribution >= 4 is 23.2 Å². The van der Waals surface area contributed by atoms with Gasteiger partial charge in [0.15, 0.2) is 17.5 Å². The molecule has 0 aliphatic carbocycles. The van der Waals surface area contributed by atoms with Crippen LogP contribution in [-0.2, 0) is 0 Å². The van der Waals surface area contributed by atoms with E-state index in [1.54, 1.807) is 18.2 Å². The van der Waals surface area contributed by atoms with Crippen molar-refractivity contribution in [3.05, 3.63) is 57.8 Å². The molecule has 0 aliphatic rings. The summed E-state index contributed by atoms with van der Waals surface area (Å²) in [5.74, 6) is -4.45. The van der Waals surface area contributed by atoms with Crippen molar-refractivity contribution in [3.8, 4) is 11.1 Å². The molecular weight excluding hydrogens is 272 g/mol. The molecule has 0 N–H and O–H groups in total. The number of hydrogen-bond acceptors (Lipinski definition) is 0. The van der Waals surface area contributed by atoms with Crippen LogP contribution >= 0.6 is 23.2 Å². The molecule has 0 saturated carbocycles. The summed E-state index contributed by atoms with van der Waals surface area (Å²) in [6, 6.07) is 8.01. The molecule has 0 spiro atoms. The fourth-order valence-corrected chi connectivity index (χ4v) is 1.92. The van der Waals surface area contributed by atoms with Crippen molar-refractivity contribution in [2.45, 2.75) is 0 Å². The smallest absolute Gasteiger partial charge is 0.196 e. The lowest BCUT2D eigenvalue weighted by atomic mass is 10.0. The molecule has 0 fully saturated rings. The second-order valence-electron chi connectivity index (χ2n) is 3.31. The standard InChI is InChI=1S/C12H5Cl2F3/c13-8-7(6-4-2-1-3-5-6)10(15)12(17)11(16)9(8)14/h1-5H. The summed E-state index contributed by atoms with van der Waals surface area (Å²) in [5, 5.41) is -0.960. The van der Waals surface area contributed by atoms with Gasteiger partial charge in [-0.1, -0.05) is 53.5 Å². The minimum atomic E-state index is -1.63. The number of benzene rings is 2. The zero-order valence-electron chi connectivity index (χ0n) is 8.28. The van der Waals surface area contributed by atoms with Crippen LogP contribution in [0, 0.1) is 17.5 Å². The summed E-state index contributed by atoms with van der Waals surface area (Å²) in [5.41, 5.74) is 0.0898. The lowest BCUT2D eigenvalue weighted by molar-refractivity contribution is 0.449. The summed E-state index contributed by atoms with van der Waals surface area (Å²) in [6.07, 6.45) is 0. The minimum absolute atomic E-state index is 0.240. The third kappa shape index (κ3) is 2.01. The number of halogens is 5. The molecule has 17 heavy (non-hydrogen) atoms. The van der Waals surface area contributed by atoms with Gasteiger partial charge in [-0.05, 0) is 5.56 Å². The van der Waals surface area contributed by atoms with E-state index in [9.17, 15) is 13.2 Å². The van der Waals surface area contributed by atoms with Crippen LogP contribution in [0.1, 0.15) is 0 Å². The predicted molar refractivity (Wildman–Crippen MR) is 61.8 cm³/mol. The molecule has 0 bridgehead atoms. The fraction of sp³-hybridized carbons (Fsp3) is 0. The molecule has 0 amide bonds. The van der Waals surface area contributed by atoms with Crippen molar-refractivity contribution in [1.29, 1.82) is 0 Å². The second-order valence-corrected chi connectivity index (χ2v) is 4.07. The molecule has 0 saturated heterocycles. The Balaban J connectivity index is 2.80. The minimum Gasteiger partial charge on any atom is -0.203 e. The third-order valence-electron chi connectivity index (χ3n) is 2.27. The summed E-state index contributed by atoms with van der Waals surface area (Å²) < 4.78 is 40.0. The molecule has 0 unspecified atom stereocenters. The Morgan fingerprint density at radius 3 is 1.88 bits per heavy atom. The number of hydrogen-bond donors (Lipinski definition) is 0. The maximum atomic E-state index is 13.6. The molecule has 0 aliphatic heterocycles. The van der Waals surface area contributed by atoms with Crippen molar-refractivity contribution in [2.24, 2.45) is 0 Å². The van der Waals surface area contributed by atoms with Crippen LogP contribution in [0.2, 0.25) is 10.0 Å². The lowest BCUT2D eigenvalue weighted by Crippen LogP contribution is -1.97. The Labute approximate surface area is 106 Å². The SMILES string of the molecule is Fc1c(F)c(Cl)c(Cl)c(-c2ccccc2)c1F. The highest BCUT2D eigenvalue weighted by atomic mass is 35.5. The Morgan fingerprint density at radius 2 is 1.29 bits per heavy atom. The Hall–Kier alpha value is -1.19. The van der Waals surface area contributed by atoms with E-state index < -0.39 is 22.5 Å². The van der Waals surface area contributed by atoms with Crippen LogP contribution in [0.15, 0.2) is 30.3 Å². The quantitative estimate of drug-likeness (QED) is 0.503. The van der Waals surface area contributed by atoms with E-state index in [-0.39, 0.29) is 10.6 Å². The first kappa shape index (κ1) is 12.3. The molecule has 5 heteroatoms. The monoisotopic (exact) mass is 276 g/mol. The van der Waals surface area contributed by atoms with Crippen LogP contribution < -0.4 is 0 Å². The zero-order chi connectivity index (χ0) is 12.6. The highest BCUT2D eigenvalue weighted by molar-refractivity contribution is 6.43. The van der Waals surface area contributed by atoms with E-state index in [0.29, 0.717) is 5.56 Å².